The number of nitrogens with one attached hydrogen (secondary N) is 2. The Bertz CT molecular complexity index is 1330. The van der Waals surface area contributed by atoms with Gasteiger partial charge in [-0.1, -0.05) is 0 Å². The van der Waals surface area contributed by atoms with Crippen molar-refractivity contribution >= 4 is 50.0 Å². The molecule has 2 N–H and O–H groups in total. The van der Waals surface area contributed by atoms with E-state index in [1.165, 1.54) is 29.6 Å². The smallest absolute Gasteiger partial charge is 0.345 e. The van der Waals surface area contributed by atoms with Crippen LogP contribution in [0.1, 0.15) is 23.3 Å². The van der Waals surface area contributed by atoms with Crippen molar-refractivity contribution in [3.05, 3.63) is 35.2 Å². The van der Waals surface area contributed by atoms with Crippen molar-refractivity contribution in [2.45, 2.75) is 31.9 Å². The fourth-order valence-electron chi connectivity index (χ4n) is 4.17. The van der Waals surface area contributed by atoms with Gasteiger partial charge in [0.05, 0.1) is 29.9 Å². The van der Waals surface area contributed by atoms with Crippen LogP contribution in [0.3, 0.4) is 0 Å². The van der Waals surface area contributed by atoms with Gasteiger partial charge in [-0.25, -0.2) is 15.0 Å². The molecule has 0 unspecified atom stereocenters. The molecule has 0 saturated carbocycles. The van der Waals surface area contributed by atoms with Crippen LogP contribution in [-0.4, -0.2) is 55.7 Å². The zero-order valence-corrected chi connectivity index (χ0v) is 18.4. The lowest BCUT2D eigenvalue weighted by Gasteiger charge is -2.27. The van der Waals surface area contributed by atoms with Crippen LogP contribution in [0.5, 0.6) is 0 Å². The number of carbonyl (C=O) groups is 1. The first-order chi connectivity index (χ1) is 15.8. The van der Waals surface area contributed by atoms with Crippen LogP contribution in [0.25, 0.3) is 21.3 Å². The quantitative estimate of drug-likeness (QED) is 0.448. The van der Waals surface area contributed by atoms with E-state index in [1.54, 1.807) is 12.4 Å². The number of H-pyrrole nitrogens is 1. The molecule has 172 valence electrons. The van der Waals surface area contributed by atoms with Crippen LogP contribution >= 0.6 is 11.3 Å². The molecule has 4 aromatic rings. The summed E-state index contributed by atoms with van der Waals surface area (Å²) >= 11 is 1.51. The van der Waals surface area contributed by atoms with Gasteiger partial charge in [0.25, 0.3) is 0 Å². The number of pyridine rings is 1. The average Bonchev–Trinajstić information content (AvgIpc) is 3.40. The van der Waals surface area contributed by atoms with Gasteiger partial charge in [0.15, 0.2) is 5.65 Å². The van der Waals surface area contributed by atoms with E-state index in [0.717, 1.165) is 31.7 Å². The molecular weight excluding hydrogens is 455 g/mol. The molecule has 0 fully saturated rings. The van der Waals surface area contributed by atoms with E-state index in [9.17, 15) is 18.0 Å². The Kier molecular flexibility index (Phi) is 5.39. The Morgan fingerprint density at radius 2 is 2.15 bits per heavy atom. The van der Waals surface area contributed by atoms with Crippen molar-refractivity contribution in [1.29, 1.82) is 0 Å². The van der Waals surface area contributed by atoms with Gasteiger partial charge >= 0.3 is 6.18 Å². The van der Waals surface area contributed by atoms with E-state index in [0.29, 0.717) is 30.7 Å². The van der Waals surface area contributed by atoms with Gasteiger partial charge in [0, 0.05) is 29.8 Å². The third-order valence-corrected chi connectivity index (χ3v) is 7.02. The highest BCUT2D eigenvalue weighted by Crippen LogP contribution is 2.40. The highest BCUT2D eigenvalue weighted by Gasteiger charge is 2.33. The van der Waals surface area contributed by atoms with E-state index in [-0.39, 0.29) is 18.4 Å². The highest BCUT2D eigenvalue weighted by molar-refractivity contribution is 7.19. The number of fused-ring (bicyclic) bond motifs is 4. The molecule has 1 amide bonds. The number of rotatable bonds is 5. The van der Waals surface area contributed by atoms with Gasteiger partial charge in [-0.05, 0) is 30.9 Å². The molecule has 33 heavy (non-hydrogen) atoms. The summed E-state index contributed by atoms with van der Waals surface area (Å²) in [4.78, 5) is 29.0. The molecule has 4 aromatic heterocycles. The molecule has 0 aliphatic heterocycles. The number of anilines is 2. The number of thiophene rings is 1. The third-order valence-electron chi connectivity index (χ3n) is 5.86. The summed E-state index contributed by atoms with van der Waals surface area (Å²) in [5, 5.41) is 11.9. The fourth-order valence-corrected chi connectivity index (χ4v) is 5.44. The van der Waals surface area contributed by atoms with Crippen molar-refractivity contribution in [2.24, 2.45) is 5.92 Å². The van der Waals surface area contributed by atoms with E-state index in [1.807, 2.05) is 6.07 Å². The summed E-state index contributed by atoms with van der Waals surface area (Å²) in [6.07, 6.45) is 1.30. The van der Waals surface area contributed by atoms with Crippen LogP contribution < -0.4 is 5.32 Å². The molecule has 0 bridgehead atoms. The van der Waals surface area contributed by atoms with Crippen molar-refractivity contribution in [3.8, 4) is 0 Å². The third kappa shape index (κ3) is 4.34. The van der Waals surface area contributed by atoms with Crippen LogP contribution in [-0.2, 0) is 17.6 Å². The Balaban J connectivity index is 1.37. The number of alkyl halides is 3. The van der Waals surface area contributed by atoms with Crippen LogP contribution in [0, 0.1) is 5.92 Å². The zero-order chi connectivity index (χ0) is 23.2. The monoisotopic (exact) mass is 475 g/mol. The number of halogens is 3. The Morgan fingerprint density at radius 3 is 2.97 bits per heavy atom. The number of carbonyl (C=O) groups excluding carboxylic acids is 1. The number of aromatic amines is 1. The molecule has 12 heteroatoms. The highest BCUT2D eigenvalue weighted by atomic mass is 32.1. The minimum Gasteiger partial charge on any atom is -0.345 e. The lowest BCUT2D eigenvalue weighted by Crippen LogP contribution is -2.37. The van der Waals surface area contributed by atoms with E-state index in [2.05, 4.69) is 30.5 Å². The number of aryl methyl sites for hydroxylation is 1. The van der Waals surface area contributed by atoms with Crippen molar-refractivity contribution < 1.29 is 18.0 Å². The minimum atomic E-state index is -4.28. The Hall–Kier alpha value is -3.28. The first kappa shape index (κ1) is 21.6. The van der Waals surface area contributed by atoms with Gasteiger partial charge in [-0.15, -0.1) is 11.3 Å². The molecule has 8 nitrogen and oxygen atoms in total. The standard InChI is InChI=1S/C21H20F3N7OS/c1-31(5-4-21(22,23)24)20(32)11-2-3-14-15(7-11)33-19-16(14)18(26-10-27-19)29-13-6-12-8-28-30-17(12)25-9-13/h6,8-11H,2-5,7H2,1H3,(H,25,28,30)(H,26,27,29)/t11-/m0/s1. The maximum atomic E-state index is 12.7. The van der Waals surface area contributed by atoms with Gasteiger partial charge < -0.3 is 10.2 Å². The van der Waals surface area contributed by atoms with Gasteiger partial charge in [-0.3, -0.25) is 9.89 Å². The topological polar surface area (TPSA) is 99.7 Å². The predicted molar refractivity (Wildman–Crippen MR) is 118 cm³/mol. The molecule has 1 aliphatic rings. The molecule has 0 spiro atoms. The molecule has 1 aliphatic carbocycles. The number of nitrogens with zero attached hydrogens (tertiary/aromatic N) is 5. The maximum Gasteiger partial charge on any atom is 0.390 e. The summed E-state index contributed by atoms with van der Waals surface area (Å²) in [5.41, 5.74) is 2.55. The summed E-state index contributed by atoms with van der Waals surface area (Å²) in [6, 6.07) is 1.92. The summed E-state index contributed by atoms with van der Waals surface area (Å²) in [6.45, 7) is -0.327. The lowest BCUT2D eigenvalue weighted by molar-refractivity contribution is -0.146. The van der Waals surface area contributed by atoms with E-state index < -0.39 is 12.6 Å². The normalized spacial score (nSPS) is 16.2. The molecule has 5 rings (SSSR count). The maximum absolute atomic E-state index is 12.7. The second kappa shape index (κ2) is 8.25. The first-order valence-electron chi connectivity index (χ1n) is 10.4. The molecule has 1 atom stereocenters. The lowest BCUT2D eigenvalue weighted by atomic mass is 9.87. The van der Waals surface area contributed by atoms with Crippen molar-refractivity contribution in [1.82, 2.24) is 30.0 Å². The molecule has 0 saturated heterocycles. The number of hydrogen-bond acceptors (Lipinski definition) is 7. The molecule has 0 radical (unpaired) electrons. The summed E-state index contributed by atoms with van der Waals surface area (Å²) < 4.78 is 37.6. The van der Waals surface area contributed by atoms with Crippen molar-refractivity contribution in [2.75, 3.05) is 18.9 Å². The zero-order valence-electron chi connectivity index (χ0n) is 17.6. The Morgan fingerprint density at radius 1 is 1.30 bits per heavy atom. The van der Waals surface area contributed by atoms with Gasteiger partial charge in [-0.2, -0.15) is 18.3 Å². The SMILES string of the molecule is CN(CCC(F)(F)F)C(=O)[C@H]1CCc2c(sc3ncnc(Nc4cnc5[nH]ncc5c4)c23)C1. The summed E-state index contributed by atoms with van der Waals surface area (Å²) in [7, 11) is 1.44. The van der Waals surface area contributed by atoms with Crippen LogP contribution in [0.2, 0.25) is 0 Å². The Labute approximate surface area is 190 Å². The second-order valence-corrected chi connectivity index (χ2v) is 9.21. The fraction of sp³-hybridized carbons (Fsp3) is 0.381. The summed E-state index contributed by atoms with van der Waals surface area (Å²) in [5.74, 6) is 0.0846. The largest absolute Gasteiger partial charge is 0.390 e. The number of aromatic nitrogens is 5. The van der Waals surface area contributed by atoms with Crippen LogP contribution in [0.4, 0.5) is 24.7 Å². The average molecular weight is 476 g/mol. The predicted octanol–water partition coefficient (Wildman–Crippen LogP) is 4.22. The van der Waals surface area contributed by atoms with E-state index in [4.69, 9.17) is 0 Å². The van der Waals surface area contributed by atoms with Crippen LogP contribution in [0.15, 0.2) is 24.8 Å². The molecular formula is C21H20F3N7OS. The molecule has 0 aromatic carbocycles. The minimum absolute atomic E-state index is 0.244. The number of hydrogen-bond donors (Lipinski definition) is 2. The first-order valence-corrected chi connectivity index (χ1v) is 11.2. The molecule has 4 heterocycles. The second-order valence-electron chi connectivity index (χ2n) is 8.13. The van der Waals surface area contributed by atoms with Gasteiger partial charge in [0.1, 0.15) is 17.0 Å². The van der Waals surface area contributed by atoms with E-state index >= 15 is 0 Å². The number of amides is 1. The van der Waals surface area contributed by atoms with Crippen molar-refractivity contribution in [3.63, 3.8) is 0 Å². The van der Waals surface area contributed by atoms with Gasteiger partial charge in [0.2, 0.25) is 5.91 Å².